The zero-order valence-electron chi connectivity index (χ0n) is 13.4. The van der Waals surface area contributed by atoms with Crippen LogP contribution in [-0.4, -0.2) is 44.9 Å². The molecule has 0 unspecified atom stereocenters. The monoisotopic (exact) mass is 291 g/mol. The molecule has 1 aliphatic rings. The van der Waals surface area contributed by atoms with Crippen molar-refractivity contribution in [3.8, 4) is 0 Å². The maximum absolute atomic E-state index is 12.2. The van der Waals surface area contributed by atoms with Gasteiger partial charge in [-0.3, -0.25) is 9.48 Å². The van der Waals surface area contributed by atoms with Crippen LogP contribution in [-0.2, 0) is 11.8 Å². The first kappa shape index (κ1) is 15.8. The van der Waals surface area contributed by atoms with Crippen LogP contribution in [0.25, 0.3) is 6.08 Å². The van der Waals surface area contributed by atoms with Crippen LogP contribution in [0.1, 0.15) is 42.6 Å². The van der Waals surface area contributed by atoms with Gasteiger partial charge in [-0.15, -0.1) is 0 Å². The van der Waals surface area contributed by atoms with Gasteiger partial charge in [0.25, 0.3) is 0 Å². The second-order valence-electron chi connectivity index (χ2n) is 6.17. The van der Waals surface area contributed by atoms with Crippen LogP contribution in [0.5, 0.6) is 0 Å². The zero-order chi connectivity index (χ0) is 15.6. The van der Waals surface area contributed by atoms with Crippen LogP contribution in [0.15, 0.2) is 6.08 Å². The van der Waals surface area contributed by atoms with Gasteiger partial charge in [0.15, 0.2) is 0 Å². The molecule has 0 radical (unpaired) electrons. The molecule has 1 aromatic rings. The fraction of sp³-hybridized carbons (Fsp3) is 0.625. The second kappa shape index (κ2) is 6.02. The molecule has 5 nitrogen and oxygen atoms in total. The molecular formula is C16H25N3O2. The normalized spacial score (nSPS) is 17.6. The average Bonchev–Trinajstić information content (AvgIpc) is 2.93. The molecule has 1 saturated carbocycles. The highest BCUT2D eigenvalue weighted by atomic mass is 16.3. The second-order valence-corrected chi connectivity index (χ2v) is 6.17. The standard InChI is InChI=1S/C16H25N3O2/c1-12-14(13(2)19(4)17-12)7-8-15(20)18(3)11-16(21)9-5-6-10-16/h7-8,21H,5-6,9-11H2,1-4H3/b8-7+. The summed E-state index contributed by atoms with van der Waals surface area (Å²) in [4.78, 5) is 13.8. The van der Waals surface area contributed by atoms with Gasteiger partial charge in [0, 0.05) is 38.0 Å². The summed E-state index contributed by atoms with van der Waals surface area (Å²) in [6.45, 7) is 4.32. The van der Waals surface area contributed by atoms with Crippen LogP contribution in [0, 0.1) is 13.8 Å². The van der Waals surface area contributed by atoms with E-state index in [1.807, 2.05) is 31.7 Å². The van der Waals surface area contributed by atoms with Gasteiger partial charge in [0.05, 0.1) is 11.3 Å². The van der Waals surface area contributed by atoms with E-state index in [2.05, 4.69) is 5.10 Å². The van der Waals surface area contributed by atoms with Gasteiger partial charge in [-0.1, -0.05) is 12.8 Å². The molecule has 1 aliphatic carbocycles. The minimum Gasteiger partial charge on any atom is -0.388 e. The summed E-state index contributed by atoms with van der Waals surface area (Å²) >= 11 is 0. The lowest BCUT2D eigenvalue weighted by Gasteiger charge is -2.27. The van der Waals surface area contributed by atoms with Crippen molar-refractivity contribution in [2.24, 2.45) is 7.05 Å². The third-order valence-electron chi connectivity index (χ3n) is 4.40. The molecule has 2 rings (SSSR count). The van der Waals surface area contributed by atoms with Crippen molar-refractivity contribution in [1.82, 2.24) is 14.7 Å². The number of aromatic nitrogens is 2. The first-order valence-electron chi connectivity index (χ1n) is 7.48. The molecule has 1 N–H and O–H groups in total. The van der Waals surface area contributed by atoms with E-state index in [9.17, 15) is 9.90 Å². The number of aryl methyl sites for hydroxylation is 2. The maximum atomic E-state index is 12.2. The number of nitrogens with zero attached hydrogens (tertiary/aromatic N) is 3. The van der Waals surface area contributed by atoms with Gasteiger partial charge in [0.1, 0.15) is 0 Å². The minimum absolute atomic E-state index is 0.0852. The molecule has 1 heterocycles. The first-order chi connectivity index (χ1) is 9.82. The van der Waals surface area contributed by atoms with Gasteiger partial charge in [0.2, 0.25) is 5.91 Å². The van der Waals surface area contributed by atoms with Gasteiger partial charge < -0.3 is 10.0 Å². The third kappa shape index (κ3) is 3.53. The zero-order valence-corrected chi connectivity index (χ0v) is 13.4. The Balaban J connectivity index is 2.01. The molecule has 5 heteroatoms. The van der Waals surface area contributed by atoms with Crippen LogP contribution in [0.3, 0.4) is 0 Å². The van der Waals surface area contributed by atoms with Crippen LogP contribution in [0.2, 0.25) is 0 Å². The van der Waals surface area contributed by atoms with E-state index in [0.717, 1.165) is 42.6 Å². The van der Waals surface area contributed by atoms with Crippen molar-refractivity contribution in [2.45, 2.75) is 45.1 Å². The molecular weight excluding hydrogens is 266 g/mol. The molecule has 1 fully saturated rings. The Labute approximate surface area is 126 Å². The van der Waals surface area contributed by atoms with E-state index in [1.54, 1.807) is 18.0 Å². The first-order valence-corrected chi connectivity index (χ1v) is 7.48. The molecule has 0 aromatic carbocycles. The Hall–Kier alpha value is -1.62. The number of amides is 1. The van der Waals surface area contributed by atoms with Gasteiger partial charge in [-0.2, -0.15) is 5.10 Å². The number of hydrogen-bond donors (Lipinski definition) is 1. The predicted molar refractivity (Wildman–Crippen MR) is 82.8 cm³/mol. The topological polar surface area (TPSA) is 58.4 Å². The van der Waals surface area contributed by atoms with Gasteiger partial charge >= 0.3 is 0 Å². The number of rotatable bonds is 4. The molecule has 1 amide bonds. The lowest BCUT2D eigenvalue weighted by Crippen LogP contribution is -2.41. The predicted octanol–water partition coefficient (Wildman–Crippen LogP) is 1.81. The molecule has 21 heavy (non-hydrogen) atoms. The van der Waals surface area contributed by atoms with Crippen molar-refractivity contribution in [1.29, 1.82) is 0 Å². The fourth-order valence-electron chi connectivity index (χ4n) is 3.02. The Kier molecular flexibility index (Phi) is 4.52. The Bertz CT molecular complexity index is 554. The van der Waals surface area contributed by atoms with E-state index in [0.29, 0.717) is 6.54 Å². The average molecular weight is 291 g/mol. The summed E-state index contributed by atoms with van der Waals surface area (Å²) in [7, 11) is 3.63. The highest BCUT2D eigenvalue weighted by molar-refractivity contribution is 5.91. The SMILES string of the molecule is Cc1nn(C)c(C)c1/C=C/C(=O)N(C)CC1(O)CCCC1. The highest BCUT2D eigenvalue weighted by Crippen LogP contribution is 2.29. The quantitative estimate of drug-likeness (QED) is 0.861. The van der Waals surface area contributed by atoms with Crippen molar-refractivity contribution >= 4 is 12.0 Å². The van der Waals surface area contributed by atoms with Crippen LogP contribution < -0.4 is 0 Å². The third-order valence-corrected chi connectivity index (χ3v) is 4.40. The van der Waals surface area contributed by atoms with Crippen molar-refractivity contribution < 1.29 is 9.90 Å². The van der Waals surface area contributed by atoms with E-state index in [-0.39, 0.29) is 5.91 Å². The van der Waals surface area contributed by atoms with E-state index in [1.165, 1.54) is 0 Å². The lowest BCUT2D eigenvalue weighted by molar-refractivity contribution is -0.127. The fourth-order valence-corrected chi connectivity index (χ4v) is 3.02. The number of carbonyl (C=O) groups is 1. The molecule has 0 bridgehead atoms. The number of aliphatic hydroxyl groups is 1. The Morgan fingerprint density at radius 1 is 1.43 bits per heavy atom. The molecule has 0 saturated heterocycles. The minimum atomic E-state index is -0.696. The van der Waals surface area contributed by atoms with Crippen molar-refractivity contribution in [2.75, 3.05) is 13.6 Å². The largest absolute Gasteiger partial charge is 0.388 e. The van der Waals surface area contributed by atoms with E-state index < -0.39 is 5.60 Å². The van der Waals surface area contributed by atoms with Gasteiger partial charge in [-0.05, 0) is 32.8 Å². The van der Waals surface area contributed by atoms with E-state index in [4.69, 9.17) is 0 Å². The summed E-state index contributed by atoms with van der Waals surface area (Å²) in [5, 5.41) is 14.7. The van der Waals surface area contributed by atoms with E-state index >= 15 is 0 Å². The summed E-state index contributed by atoms with van der Waals surface area (Å²) in [5.74, 6) is -0.0852. The molecule has 1 aromatic heterocycles. The van der Waals surface area contributed by atoms with Crippen molar-refractivity contribution in [3.63, 3.8) is 0 Å². The smallest absolute Gasteiger partial charge is 0.246 e. The molecule has 0 aliphatic heterocycles. The maximum Gasteiger partial charge on any atom is 0.246 e. The Morgan fingerprint density at radius 2 is 2.05 bits per heavy atom. The number of hydrogen-bond acceptors (Lipinski definition) is 3. The number of carbonyl (C=O) groups excluding carboxylic acids is 1. The summed E-state index contributed by atoms with van der Waals surface area (Å²) in [5.41, 5.74) is 2.24. The Morgan fingerprint density at radius 3 is 2.57 bits per heavy atom. The summed E-state index contributed by atoms with van der Waals surface area (Å²) in [6, 6.07) is 0. The van der Waals surface area contributed by atoms with Crippen LogP contribution in [0.4, 0.5) is 0 Å². The summed E-state index contributed by atoms with van der Waals surface area (Å²) < 4.78 is 1.81. The van der Waals surface area contributed by atoms with Gasteiger partial charge in [-0.25, -0.2) is 0 Å². The van der Waals surface area contributed by atoms with Crippen LogP contribution >= 0.6 is 0 Å². The number of likely N-dealkylation sites (N-methyl/N-ethyl adjacent to an activating group) is 1. The molecule has 0 atom stereocenters. The summed E-state index contributed by atoms with van der Waals surface area (Å²) in [6.07, 6.45) is 7.04. The highest BCUT2D eigenvalue weighted by Gasteiger charge is 2.33. The van der Waals surface area contributed by atoms with Crippen molar-refractivity contribution in [3.05, 3.63) is 23.0 Å². The molecule has 0 spiro atoms. The molecule has 116 valence electrons. The lowest BCUT2D eigenvalue weighted by atomic mass is 10.0.